The number of nitrogens with one attached hydrogen (secondary N) is 1. The van der Waals surface area contributed by atoms with Crippen molar-refractivity contribution in [3.8, 4) is 0 Å². The van der Waals surface area contributed by atoms with E-state index in [1.54, 1.807) is 12.1 Å². The minimum absolute atomic E-state index is 0.0611. The molecule has 1 fully saturated rings. The molecule has 1 aliphatic heterocycles. The molecule has 0 radical (unpaired) electrons. The van der Waals surface area contributed by atoms with Crippen LogP contribution in [-0.2, 0) is 9.59 Å². The summed E-state index contributed by atoms with van der Waals surface area (Å²) in [6, 6.07) is 5.98. The predicted molar refractivity (Wildman–Crippen MR) is 67.0 cm³/mol. The van der Waals surface area contributed by atoms with Gasteiger partial charge in [0.2, 0.25) is 11.8 Å². The van der Waals surface area contributed by atoms with Crippen molar-refractivity contribution < 1.29 is 19.1 Å². The van der Waals surface area contributed by atoms with Gasteiger partial charge in [-0.1, -0.05) is 12.1 Å². The van der Waals surface area contributed by atoms with Crippen LogP contribution in [0.1, 0.15) is 6.42 Å². The number of para-hydroxylation sites is 1. The summed E-state index contributed by atoms with van der Waals surface area (Å²) in [4.78, 5) is 24.9. The Morgan fingerprint density at radius 3 is 2.89 bits per heavy atom. The number of aliphatic hydroxyl groups excluding tert-OH is 1. The quantitative estimate of drug-likeness (QED) is 0.823. The number of anilines is 1. The van der Waals surface area contributed by atoms with Gasteiger partial charge in [-0.2, -0.15) is 0 Å². The van der Waals surface area contributed by atoms with Gasteiger partial charge in [-0.3, -0.25) is 9.59 Å². The second-order valence-electron chi connectivity index (χ2n) is 4.37. The molecule has 1 unspecified atom stereocenters. The topological polar surface area (TPSA) is 69.6 Å². The lowest BCUT2D eigenvalue weighted by Crippen LogP contribution is -2.34. The highest BCUT2D eigenvalue weighted by molar-refractivity contribution is 6.00. The third-order valence-electron chi connectivity index (χ3n) is 3.05. The fourth-order valence-corrected chi connectivity index (χ4v) is 2.11. The molecule has 0 aliphatic carbocycles. The molecule has 1 aromatic rings. The van der Waals surface area contributed by atoms with Gasteiger partial charge in [0.05, 0.1) is 18.2 Å². The van der Waals surface area contributed by atoms with E-state index in [1.165, 1.54) is 17.0 Å². The highest BCUT2D eigenvalue weighted by Crippen LogP contribution is 2.27. The number of hydrogen-bond donors (Lipinski definition) is 2. The molecule has 0 saturated carbocycles. The van der Waals surface area contributed by atoms with Crippen molar-refractivity contribution in [1.82, 2.24) is 5.32 Å². The lowest BCUT2D eigenvalue weighted by Gasteiger charge is -2.17. The smallest absolute Gasteiger partial charge is 0.227 e. The Kier molecular flexibility index (Phi) is 4.11. The maximum absolute atomic E-state index is 13.6. The highest BCUT2D eigenvalue weighted by Gasteiger charge is 2.35. The number of nitrogens with zero attached hydrogens (tertiary/aromatic N) is 1. The summed E-state index contributed by atoms with van der Waals surface area (Å²) in [5, 5.41) is 11.2. The number of benzene rings is 1. The molecule has 1 aromatic carbocycles. The predicted octanol–water partition coefficient (Wildman–Crippen LogP) is 0.287. The summed E-state index contributed by atoms with van der Waals surface area (Å²) in [6.07, 6.45) is 0.0611. The molecule has 2 rings (SSSR count). The fourth-order valence-electron chi connectivity index (χ4n) is 2.11. The minimum Gasteiger partial charge on any atom is -0.395 e. The third kappa shape index (κ3) is 2.90. The Balaban J connectivity index is 2.08. The maximum atomic E-state index is 13.6. The largest absolute Gasteiger partial charge is 0.395 e. The van der Waals surface area contributed by atoms with Crippen LogP contribution in [0.15, 0.2) is 24.3 Å². The highest BCUT2D eigenvalue weighted by atomic mass is 19.1. The zero-order valence-electron chi connectivity index (χ0n) is 10.3. The lowest BCUT2D eigenvalue weighted by molar-refractivity contribution is -0.126. The van der Waals surface area contributed by atoms with Gasteiger partial charge in [-0.05, 0) is 12.1 Å². The van der Waals surface area contributed by atoms with Crippen LogP contribution in [0.5, 0.6) is 0 Å². The Morgan fingerprint density at radius 1 is 1.47 bits per heavy atom. The Morgan fingerprint density at radius 2 is 2.21 bits per heavy atom. The van der Waals surface area contributed by atoms with Gasteiger partial charge in [0.15, 0.2) is 0 Å². The maximum Gasteiger partial charge on any atom is 0.227 e. The zero-order valence-corrected chi connectivity index (χ0v) is 10.3. The van der Waals surface area contributed by atoms with E-state index in [0.717, 1.165) is 0 Å². The summed E-state index contributed by atoms with van der Waals surface area (Å²) in [5.74, 6) is -1.54. The van der Waals surface area contributed by atoms with E-state index in [0.29, 0.717) is 0 Å². The summed E-state index contributed by atoms with van der Waals surface area (Å²) in [5.41, 5.74) is 0.199. The molecule has 0 spiro atoms. The van der Waals surface area contributed by atoms with E-state index in [4.69, 9.17) is 5.11 Å². The van der Waals surface area contributed by atoms with Gasteiger partial charge >= 0.3 is 0 Å². The molecular weight excluding hydrogens is 251 g/mol. The molecule has 0 bridgehead atoms. The molecule has 5 nitrogen and oxygen atoms in total. The van der Waals surface area contributed by atoms with Gasteiger partial charge in [0, 0.05) is 19.5 Å². The van der Waals surface area contributed by atoms with Crippen molar-refractivity contribution in [2.75, 3.05) is 24.6 Å². The van der Waals surface area contributed by atoms with Gasteiger partial charge in [0.25, 0.3) is 0 Å². The van der Waals surface area contributed by atoms with Crippen molar-refractivity contribution in [1.29, 1.82) is 0 Å². The van der Waals surface area contributed by atoms with E-state index in [2.05, 4.69) is 5.32 Å². The number of amides is 2. The molecule has 2 amide bonds. The number of rotatable bonds is 4. The lowest BCUT2D eigenvalue weighted by atomic mass is 10.1. The molecule has 0 aromatic heterocycles. The van der Waals surface area contributed by atoms with Crippen molar-refractivity contribution in [2.45, 2.75) is 6.42 Å². The van der Waals surface area contributed by atoms with Crippen molar-refractivity contribution >= 4 is 17.5 Å². The molecular formula is C13H15FN2O3. The Labute approximate surface area is 110 Å². The molecule has 1 aliphatic rings. The van der Waals surface area contributed by atoms with Crippen LogP contribution in [0.4, 0.5) is 10.1 Å². The van der Waals surface area contributed by atoms with Crippen molar-refractivity contribution in [3.63, 3.8) is 0 Å². The molecule has 6 heteroatoms. The van der Waals surface area contributed by atoms with E-state index in [-0.39, 0.29) is 43.6 Å². The summed E-state index contributed by atoms with van der Waals surface area (Å²) in [6.45, 7) is 0.170. The number of hydrogen-bond acceptors (Lipinski definition) is 3. The number of carbonyl (C=O) groups is 2. The summed E-state index contributed by atoms with van der Waals surface area (Å²) >= 11 is 0. The first kappa shape index (κ1) is 13.5. The van der Waals surface area contributed by atoms with Crippen LogP contribution in [0.2, 0.25) is 0 Å². The first-order valence-electron chi connectivity index (χ1n) is 6.07. The van der Waals surface area contributed by atoms with Crippen molar-refractivity contribution in [3.05, 3.63) is 30.1 Å². The molecule has 1 atom stereocenters. The van der Waals surface area contributed by atoms with Crippen LogP contribution in [0.25, 0.3) is 0 Å². The first-order chi connectivity index (χ1) is 9.13. The normalized spacial score (nSPS) is 18.7. The monoisotopic (exact) mass is 266 g/mol. The van der Waals surface area contributed by atoms with Crippen LogP contribution >= 0.6 is 0 Å². The summed E-state index contributed by atoms with van der Waals surface area (Å²) < 4.78 is 13.6. The van der Waals surface area contributed by atoms with Crippen molar-refractivity contribution in [2.24, 2.45) is 5.92 Å². The first-order valence-corrected chi connectivity index (χ1v) is 6.07. The SMILES string of the molecule is O=C(NCCO)C1CC(=O)N(c2ccccc2F)C1. The Bertz CT molecular complexity index is 493. The molecule has 1 saturated heterocycles. The van der Waals surface area contributed by atoms with Crippen LogP contribution in [-0.4, -0.2) is 36.6 Å². The van der Waals surface area contributed by atoms with Crippen LogP contribution in [0, 0.1) is 11.7 Å². The van der Waals surface area contributed by atoms with E-state index >= 15 is 0 Å². The van der Waals surface area contributed by atoms with Crippen LogP contribution in [0.3, 0.4) is 0 Å². The Hall–Kier alpha value is -1.95. The van der Waals surface area contributed by atoms with Gasteiger partial charge in [-0.25, -0.2) is 4.39 Å². The molecule has 102 valence electrons. The second-order valence-corrected chi connectivity index (χ2v) is 4.37. The number of carbonyl (C=O) groups excluding carboxylic acids is 2. The van der Waals surface area contributed by atoms with Gasteiger partial charge in [0.1, 0.15) is 5.82 Å². The van der Waals surface area contributed by atoms with E-state index < -0.39 is 11.7 Å². The van der Waals surface area contributed by atoms with E-state index in [9.17, 15) is 14.0 Å². The van der Waals surface area contributed by atoms with Gasteiger partial charge in [-0.15, -0.1) is 0 Å². The van der Waals surface area contributed by atoms with Crippen LogP contribution < -0.4 is 10.2 Å². The average Bonchev–Trinajstić information content (AvgIpc) is 2.78. The average molecular weight is 266 g/mol. The third-order valence-corrected chi connectivity index (χ3v) is 3.05. The van der Waals surface area contributed by atoms with Gasteiger partial charge < -0.3 is 15.3 Å². The van der Waals surface area contributed by atoms with E-state index in [1.807, 2.05) is 0 Å². The molecule has 1 heterocycles. The second kappa shape index (κ2) is 5.79. The molecule has 19 heavy (non-hydrogen) atoms. The zero-order chi connectivity index (χ0) is 13.8. The molecule has 2 N–H and O–H groups in total. The number of halogens is 1. The standard InChI is InChI=1S/C13H15FN2O3/c14-10-3-1-2-4-11(10)16-8-9(7-12(16)18)13(19)15-5-6-17/h1-4,9,17H,5-8H2,(H,15,19). The summed E-state index contributed by atoms with van der Waals surface area (Å²) in [7, 11) is 0. The number of aliphatic hydroxyl groups is 1. The minimum atomic E-state index is -0.501. The fraction of sp³-hybridized carbons (Fsp3) is 0.385.